The van der Waals surface area contributed by atoms with Gasteiger partial charge in [0.15, 0.2) is 0 Å². The molecule has 0 spiro atoms. The molecule has 4 aliphatic rings. The highest BCUT2D eigenvalue weighted by Gasteiger charge is 2.57. The van der Waals surface area contributed by atoms with Gasteiger partial charge in [-0.25, -0.2) is 0 Å². The predicted molar refractivity (Wildman–Crippen MR) is 237 cm³/mol. The molecule has 0 saturated heterocycles. The first kappa shape index (κ1) is 51.0. The summed E-state index contributed by atoms with van der Waals surface area (Å²) in [5.74, 6) is 11.1. The minimum atomic E-state index is 0.574. The van der Waals surface area contributed by atoms with Gasteiger partial charge in [0, 0.05) is 0 Å². The van der Waals surface area contributed by atoms with E-state index in [1.807, 2.05) is 55.4 Å². The molecule has 0 aromatic carbocycles. The summed E-state index contributed by atoms with van der Waals surface area (Å²) >= 11 is 0. The van der Waals surface area contributed by atoms with Crippen molar-refractivity contribution >= 4 is 0 Å². The Kier molecular flexibility index (Phi) is 30.2. The molecule has 51 heavy (non-hydrogen) atoms. The average Bonchev–Trinajstić information content (AvgIpc) is 3.83. The molecule has 4 rings (SSSR count). The topological polar surface area (TPSA) is 0 Å². The van der Waals surface area contributed by atoms with Gasteiger partial charge in [-0.05, 0) is 103 Å². The lowest BCUT2D eigenvalue weighted by Gasteiger charge is -2.35. The molecule has 0 aromatic rings. The van der Waals surface area contributed by atoms with Crippen molar-refractivity contribution in [1.82, 2.24) is 0 Å². The number of fused-ring (bicyclic) bond motifs is 1. The molecule has 4 saturated carbocycles. The van der Waals surface area contributed by atoms with Gasteiger partial charge in [0.1, 0.15) is 0 Å². The van der Waals surface area contributed by atoms with E-state index in [0.29, 0.717) is 5.41 Å². The summed E-state index contributed by atoms with van der Waals surface area (Å²) in [5, 5.41) is 0. The van der Waals surface area contributed by atoms with Crippen molar-refractivity contribution in [3.63, 3.8) is 0 Å². The van der Waals surface area contributed by atoms with Gasteiger partial charge in [0.05, 0.1) is 0 Å². The van der Waals surface area contributed by atoms with Crippen molar-refractivity contribution in [2.45, 2.75) is 258 Å². The van der Waals surface area contributed by atoms with E-state index in [0.717, 1.165) is 65.1 Å². The van der Waals surface area contributed by atoms with Gasteiger partial charge in [-0.2, -0.15) is 0 Å². The van der Waals surface area contributed by atoms with E-state index >= 15 is 0 Å². The molecule has 0 amide bonds. The smallest absolute Gasteiger partial charge is 0.0292 e. The largest absolute Gasteiger partial charge is 0.0683 e. The summed E-state index contributed by atoms with van der Waals surface area (Å²) in [6.45, 7) is 34.1. The maximum atomic E-state index is 2.66. The zero-order valence-corrected chi connectivity index (χ0v) is 38.8. The summed E-state index contributed by atoms with van der Waals surface area (Å²) in [7, 11) is 0. The van der Waals surface area contributed by atoms with E-state index in [1.54, 1.807) is 12.8 Å². The van der Waals surface area contributed by atoms with Crippen LogP contribution in [-0.2, 0) is 0 Å². The van der Waals surface area contributed by atoms with Crippen LogP contribution in [0.3, 0.4) is 0 Å². The first-order chi connectivity index (χ1) is 24.8. The summed E-state index contributed by atoms with van der Waals surface area (Å²) in [6.07, 6.45) is 36.2. The molecule has 10 unspecified atom stereocenters. The highest BCUT2D eigenvalue weighted by molar-refractivity contribution is 5.05. The van der Waals surface area contributed by atoms with E-state index in [4.69, 9.17) is 0 Å². The molecule has 308 valence electrons. The number of unbranched alkanes of at least 4 members (excludes halogenated alkanes) is 6. The third-order valence-corrected chi connectivity index (χ3v) is 15.2. The average molecular weight is 717 g/mol. The van der Waals surface area contributed by atoms with Gasteiger partial charge >= 0.3 is 0 Å². The van der Waals surface area contributed by atoms with Crippen LogP contribution < -0.4 is 0 Å². The highest BCUT2D eigenvalue weighted by atomic mass is 14.6. The van der Waals surface area contributed by atoms with Crippen molar-refractivity contribution in [2.24, 2.45) is 70.5 Å². The first-order valence-electron chi connectivity index (χ1n) is 24.8. The van der Waals surface area contributed by atoms with Gasteiger partial charge in [-0.15, -0.1) is 0 Å². The molecular formula is C51H104. The lowest BCUT2D eigenvalue weighted by molar-refractivity contribution is 0.140. The minimum Gasteiger partial charge on any atom is -0.0683 e. The van der Waals surface area contributed by atoms with Gasteiger partial charge < -0.3 is 0 Å². The molecule has 0 nitrogen and oxygen atoms in total. The molecule has 0 aromatic heterocycles. The van der Waals surface area contributed by atoms with Gasteiger partial charge in [-0.3, -0.25) is 0 Å². The fourth-order valence-electron chi connectivity index (χ4n) is 12.3. The standard InChI is InChI=1S/C43H80.4C2H6/c1-8-38-40-30-37(31-42(40)43(6,7)41(38)9-2)33(4)26-29-39-34(5)25-28-36(39)27-24-32(3)20-16-13-11-10-12-14-17-21-35-22-18-15-19-23-35;4*1-2/h32-42H,8-31H2,1-7H3;4*1-2H3. The van der Waals surface area contributed by atoms with Gasteiger partial charge in [0.25, 0.3) is 0 Å². The Bertz CT molecular complexity index is 743. The van der Waals surface area contributed by atoms with E-state index in [1.165, 1.54) is 141 Å². The Labute approximate surface area is 327 Å². The van der Waals surface area contributed by atoms with Crippen LogP contribution in [0.1, 0.15) is 258 Å². The quantitative estimate of drug-likeness (QED) is 0.117. The molecule has 0 heteroatoms. The molecule has 10 atom stereocenters. The van der Waals surface area contributed by atoms with Crippen LogP contribution in [0, 0.1) is 70.5 Å². The van der Waals surface area contributed by atoms with E-state index in [2.05, 4.69) is 48.5 Å². The maximum Gasteiger partial charge on any atom is -0.0292 e. The van der Waals surface area contributed by atoms with Crippen LogP contribution >= 0.6 is 0 Å². The maximum absolute atomic E-state index is 2.66. The number of rotatable bonds is 19. The second-order valence-corrected chi connectivity index (χ2v) is 18.2. The third-order valence-electron chi connectivity index (χ3n) is 15.2. The second kappa shape index (κ2) is 30.2. The van der Waals surface area contributed by atoms with Crippen LogP contribution in [0.2, 0.25) is 0 Å². The Balaban J connectivity index is 0.00000292. The molecular weight excluding hydrogens is 613 g/mol. The van der Waals surface area contributed by atoms with Crippen LogP contribution in [0.25, 0.3) is 0 Å². The molecule has 0 radical (unpaired) electrons. The Morgan fingerprint density at radius 2 is 1.16 bits per heavy atom. The van der Waals surface area contributed by atoms with E-state index < -0.39 is 0 Å². The Hall–Kier alpha value is 0. The van der Waals surface area contributed by atoms with Crippen molar-refractivity contribution < 1.29 is 0 Å². The van der Waals surface area contributed by atoms with Crippen molar-refractivity contribution in [3.05, 3.63) is 0 Å². The monoisotopic (exact) mass is 717 g/mol. The lowest BCUT2D eigenvalue weighted by Crippen LogP contribution is -2.27. The Morgan fingerprint density at radius 1 is 0.569 bits per heavy atom. The summed E-state index contributed by atoms with van der Waals surface area (Å²) < 4.78 is 0. The Morgan fingerprint density at radius 3 is 1.75 bits per heavy atom. The van der Waals surface area contributed by atoms with Gasteiger partial charge in [-0.1, -0.05) is 226 Å². The molecule has 0 N–H and O–H groups in total. The normalized spacial score (nSPS) is 30.6. The molecule has 0 aliphatic heterocycles. The fourth-order valence-corrected chi connectivity index (χ4v) is 12.3. The van der Waals surface area contributed by atoms with Crippen molar-refractivity contribution in [1.29, 1.82) is 0 Å². The number of hydrogen-bond acceptors (Lipinski definition) is 0. The summed E-state index contributed by atoms with van der Waals surface area (Å²) in [6, 6.07) is 0. The van der Waals surface area contributed by atoms with Crippen LogP contribution in [-0.4, -0.2) is 0 Å². The predicted octanol–water partition coefficient (Wildman–Crippen LogP) is 18.4. The highest BCUT2D eigenvalue weighted by Crippen LogP contribution is 2.64. The lowest BCUT2D eigenvalue weighted by atomic mass is 9.70. The molecule has 4 aliphatic carbocycles. The van der Waals surface area contributed by atoms with E-state index in [-0.39, 0.29) is 0 Å². The van der Waals surface area contributed by atoms with Crippen LogP contribution in [0.5, 0.6) is 0 Å². The number of hydrogen-bond donors (Lipinski definition) is 0. The zero-order chi connectivity index (χ0) is 38.8. The molecule has 0 heterocycles. The molecule has 0 bridgehead atoms. The van der Waals surface area contributed by atoms with Crippen LogP contribution in [0.4, 0.5) is 0 Å². The minimum absolute atomic E-state index is 0.574. The zero-order valence-electron chi connectivity index (χ0n) is 38.8. The SMILES string of the molecule is CC.CC.CC.CC.CCC1C2CC(C(C)CCC3C(C)CCC3CCC(C)CCCCCCCCCC3CCCCC3)CC2C(C)(C)C1CC. The molecule has 4 fully saturated rings. The fraction of sp³-hybridized carbons (Fsp3) is 1.00. The van der Waals surface area contributed by atoms with Gasteiger partial charge in [0.2, 0.25) is 0 Å². The third kappa shape index (κ3) is 16.7. The first-order valence-corrected chi connectivity index (χ1v) is 24.8. The van der Waals surface area contributed by atoms with Crippen molar-refractivity contribution in [2.75, 3.05) is 0 Å². The summed E-state index contributed by atoms with van der Waals surface area (Å²) in [4.78, 5) is 0. The second-order valence-electron chi connectivity index (χ2n) is 18.2. The van der Waals surface area contributed by atoms with Crippen molar-refractivity contribution in [3.8, 4) is 0 Å². The summed E-state index contributed by atoms with van der Waals surface area (Å²) in [5.41, 5.74) is 0.574. The van der Waals surface area contributed by atoms with E-state index in [9.17, 15) is 0 Å². The van der Waals surface area contributed by atoms with Crippen LogP contribution in [0.15, 0.2) is 0 Å².